The van der Waals surface area contributed by atoms with E-state index < -0.39 is 53.6 Å². The first kappa shape index (κ1) is 27.9. The Hall–Kier alpha value is -2.86. The topological polar surface area (TPSA) is 92.8 Å². The first-order chi connectivity index (χ1) is 20.0. The van der Waals surface area contributed by atoms with Crippen LogP contribution in [0.5, 0.6) is 0 Å². The first-order valence-electron chi connectivity index (χ1n) is 14.0. The predicted octanol–water partition coefficient (Wildman–Crippen LogP) is 4.90. The van der Waals surface area contributed by atoms with E-state index in [2.05, 4.69) is 15.9 Å². The average molecular weight is 639 g/mol. The molecule has 220 valence electrons. The lowest BCUT2D eigenvalue weighted by molar-refractivity contribution is -0.235. The summed E-state index contributed by atoms with van der Waals surface area (Å²) in [5.41, 5.74) is 1.59. The summed E-state index contributed by atoms with van der Waals surface area (Å²) in [7, 11) is 1.34. The molecule has 1 spiro atoms. The number of nitrogens with zero attached hydrogens (tertiary/aromatic N) is 1. The van der Waals surface area contributed by atoms with Gasteiger partial charge in [-0.25, -0.2) is 4.79 Å². The Balaban J connectivity index is 1.55. The van der Waals surface area contributed by atoms with Crippen LogP contribution in [-0.2, 0) is 33.2 Å². The van der Waals surface area contributed by atoms with Gasteiger partial charge in [-0.3, -0.25) is 4.79 Å². The van der Waals surface area contributed by atoms with Gasteiger partial charge in [-0.2, -0.15) is 0 Å². The molecular weight excluding hydrogens is 606 g/mol. The minimum Gasteiger partial charge on any atom is -0.466 e. The van der Waals surface area contributed by atoms with Crippen molar-refractivity contribution in [2.45, 2.75) is 69.9 Å². The number of ether oxygens (including phenoxy) is 6. The third-order valence-corrected chi connectivity index (χ3v) is 9.40. The van der Waals surface area contributed by atoms with Crippen LogP contribution < -0.4 is 0 Å². The van der Waals surface area contributed by atoms with Gasteiger partial charge in [0.2, 0.25) is 0 Å². The number of carbonyl (C=O) groups is 2. The molecule has 0 bridgehead atoms. The number of Topliss-reactive ketones (excluding diaryl/α,β-unsaturated/α-hetero) is 1. The third-order valence-electron chi connectivity index (χ3n) is 8.71. The molecule has 9 nitrogen and oxygen atoms in total. The maximum atomic E-state index is 14.8. The maximum absolute atomic E-state index is 14.8. The summed E-state index contributed by atoms with van der Waals surface area (Å²) >= 11 is 3.67. The van der Waals surface area contributed by atoms with Gasteiger partial charge in [0, 0.05) is 21.8 Å². The number of hydrogen-bond donors (Lipinski definition) is 0. The van der Waals surface area contributed by atoms with Crippen molar-refractivity contribution in [2.24, 2.45) is 5.41 Å². The fraction of sp³-hybridized carbons (Fsp3) is 0.438. The minimum absolute atomic E-state index is 0.191. The lowest BCUT2D eigenvalue weighted by atomic mass is 9.65. The van der Waals surface area contributed by atoms with E-state index >= 15 is 0 Å². The summed E-state index contributed by atoms with van der Waals surface area (Å²) < 4.78 is 38.3. The Bertz CT molecular complexity index is 1530. The molecule has 0 aliphatic carbocycles. The molecule has 6 atom stereocenters. The Morgan fingerprint density at radius 1 is 0.952 bits per heavy atom. The molecule has 2 aromatic rings. The zero-order valence-corrected chi connectivity index (χ0v) is 25.5. The van der Waals surface area contributed by atoms with Gasteiger partial charge in [0.1, 0.15) is 24.4 Å². The van der Waals surface area contributed by atoms with Crippen molar-refractivity contribution in [3.63, 3.8) is 0 Å². The normalized spacial score (nSPS) is 33.6. The second-order valence-corrected chi connectivity index (χ2v) is 12.9. The van der Waals surface area contributed by atoms with Gasteiger partial charge in [-0.15, -0.1) is 0 Å². The lowest BCUT2D eigenvalue weighted by Gasteiger charge is -2.43. The second kappa shape index (κ2) is 9.57. The van der Waals surface area contributed by atoms with Crippen LogP contribution >= 0.6 is 15.9 Å². The molecule has 5 aliphatic rings. The van der Waals surface area contributed by atoms with Crippen LogP contribution in [0.15, 0.2) is 64.8 Å². The molecule has 0 radical (unpaired) electrons. The quantitative estimate of drug-likeness (QED) is 0.343. The van der Waals surface area contributed by atoms with Gasteiger partial charge in [0.25, 0.3) is 0 Å². The monoisotopic (exact) mass is 637 g/mol. The molecule has 5 aliphatic heterocycles. The third kappa shape index (κ3) is 3.93. The van der Waals surface area contributed by atoms with Gasteiger partial charge in [-0.1, -0.05) is 58.4 Å². The van der Waals surface area contributed by atoms with Crippen LogP contribution in [0, 0.1) is 5.41 Å². The average Bonchev–Trinajstić information content (AvgIpc) is 3.66. The fourth-order valence-electron chi connectivity index (χ4n) is 7.24. The molecule has 7 rings (SSSR count). The zero-order valence-electron chi connectivity index (χ0n) is 24.0. The number of fused-ring (bicyclic) bond motifs is 5. The molecule has 42 heavy (non-hydrogen) atoms. The molecule has 5 heterocycles. The van der Waals surface area contributed by atoms with Crippen molar-refractivity contribution in [3.8, 4) is 0 Å². The van der Waals surface area contributed by atoms with E-state index in [-0.39, 0.29) is 18.0 Å². The van der Waals surface area contributed by atoms with Crippen molar-refractivity contribution < 1.29 is 38.0 Å². The highest BCUT2D eigenvalue weighted by Gasteiger charge is 2.76. The molecule has 10 heteroatoms. The molecule has 0 unspecified atom stereocenters. The minimum atomic E-state index is -1.41. The van der Waals surface area contributed by atoms with E-state index in [9.17, 15) is 9.59 Å². The summed E-state index contributed by atoms with van der Waals surface area (Å²) in [6.07, 6.45) is 0.569. The van der Waals surface area contributed by atoms with Gasteiger partial charge in [0.15, 0.2) is 23.6 Å². The zero-order chi connectivity index (χ0) is 29.6. The van der Waals surface area contributed by atoms with E-state index in [1.807, 2.05) is 67.4 Å². The molecule has 3 saturated heterocycles. The predicted molar refractivity (Wildman–Crippen MR) is 155 cm³/mol. The van der Waals surface area contributed by atoms with Crippen LogP contribution in [0.4, 0.5) is 0 Å². The maximum Gasteiger partial charge on any atom is 0.336 e. The van der Waals surface area contributed by atoms with Gasteiger partial charge in [0.05, 0.1) is 30.4 Å². The largest absolute Gasteiger partial charge is 0.466 e. The Labute approximate surface area is 252 Å². The molecule has 0 amide bonds. The molecule has 3 fully saturated rings. The highest BCUT2D eigenvalue weighted by molar-refractivity contribution is 9.10. The SMILES string of the molecule is COC(=O)C1=C2c3cccc(Br)c3C=CN2[C@@H](C(=O)c2ccccc2)[C@@]12[C@@H]([C@H]1COC(C)(C)O1)O[C@@H]1OC(C)(C)O[C@@H]12. The van der Waals surface area contributed by atoms with Crippen LogP contribution in [-0.4, -0.2) is 72.6 Å². The highest BCUT2D eigenvalue weighted by Crippen LogP contribution is 2.64. The van der Waals surface area contributed by atoms with Crippen molar-refractivity contribution in [1.29, 1.82) is 0 Å². The van der Waals surface area contributed by atoms with E-state index in [1.165, 1.54) is 7.11 Å². The molecule has 0 saturated carbocycles. The first-order valence-corrected chi connectivity index (χ1v) is 14.8. The number of carbonyl (C=O) groups excluding carboxylic acids is 2. The number of esters is 1. The van der Waals surface area contributed by atoms with Crippen molar-refractivity contribution in [1.82, 2.24) is 4.90 Å². The Morgan fingerprint density at radius 3 is 2.40 bits per heavy atom. The summed E-state index contributed by atoms with van der Waals surface area (Å²) in [6.45, 7) is 7.43. The lowest BCUT2D eigenvalue weighted by Crippen LogP contribution is -2.60. The van der Waals surface area contributed by atoms with Crippen LogP contribution in [0.2, 0.25) is 0 Å². The van der Waals surface area contributed by atoms with E-state index in [0.717, 1.165) is 15.6 Å². The summed E-state index contributed by atoms with van der Waals surface area (Å²) in [6, 6.07) is 13.9. The summed E-state index contributed by atoms with van der Waals surface area (Å²) in [5.74, 6) is -2.71. The van der Waals surface area contributed by atoms with Crippen molar-refractivity contribution >= 4 is 39.5 Å². The van der Waals surface area contributed by atoms with Gasteiger partial charge >= 0.3 is 5.97 Å². The molecule has 0 N–H and O–H groups in total. The van der Waals surface area contributed by atoms with Gasteiger partial charge in [-0.05, 0) is 45.4 Å². The number of rotatable bonds is 4. The molecular formula is C32H32BrNO8. The standard InChI is InChI=1S/C32H32BrNO8/c1-30(2)38-16-21(40-30)26-32(27-29(39-26)42-31(3,4)41-27)22(28(36)37-5)23-19-12-9-13-20(33)18(19)14-15-34(23)25(32)24(35)17-10-7-6-8-11-17/h6-15,21,25-27,29H,16H2,1-5H3/t21-,25+,26-,27+,29-,32-/m1/s1. The fourth-order valence-corrected chi connectivity index (χ4v) is 7.74. The number of methoxy groups -OCH3 is 1. The second-order valence-electron chi connectivity index (χ2n) is 12.1. The Kier molecular flexibility index (Phi) is 6.37. The van der Waals surface area contributed by atoms with Crippen LogP contribution in [0.3, 0.4) is 0 Å². The number of halogens is 1. The number of hydrogen-bond acceptors (Lipinski definition) is 9. The van der Waals surface area contributed by atoms with Crippen molar-refractivity contribution in [3.05, 3.63) is 81.5 Å². The van der Waals surface area contributed by atoms with E-state index in [1.54, 1.807) is 26.0 Å². The van der Waals surface area contributed by atoms with Crippen LogP contribution in [0.25, 0.3) is 11.8 Å². The summed E-state index contributed by atoms with van der Waals surface area (Å²) in [5, 5.41) is 0. The Morgan fingerprint density at radius 2 is 1.71 bits per heavy atom. The van der Waals surface area contributed by atoms with Crippen LogP contribution in [0.1, 0.15) is 49.2 Å². The smallest absolute Gasteiger partial charge is 0.336 e. The number of benzene rings is 2. The van der Waals surface area contributed by atoms with E-state index in [4.69, 9.17) is 28.4 Å². The van der Waals surface area contributed by atoms with E-state index in [0.29, 0.717) is 11.3 Å². The van der Waals surface area contributed by atoms with Crippen molar-refractivity contribution in [2.75, 3.05) is 13.7 Å². The van der Waals surface area contributed by atoms with Gasteiger partial charge < -0.3 is 33.3 Å². The molecule has 0 aromatic heterocycles. The molecule has 2 aromatic carbocycles. The number of ketones is 1. The summed E-state index contributed by atoms with van der Waals surface area (Å²) in [4.78, 5) is 30.9. The highest BCUT2D eigenvalue weighted by atomic mass is 79.9.